The average molecular weight is 482 g/mol. The minimum atomic E-state index is -0.00932. The molecule has 0 saturated heterocycles. The Hall–Kier alpha value is -2.12. The zero-order valence-corrected chi connectivity index (χ0v) is 20.8. The maximum atomic E-state index is 13.8. The summed E-state index contributed by atoms with van der Waals surface area (Å²) in [6.45, 7) is 2.27. The van der Waals surface area contributed by atoms with Crippen LogP contribution < -0.4 is 10.9 Å². The van der Waals surface area contributed by atoms with Gasteiger partial charge in [-0.2, -0.15) is 0 Å². The molecule has 0 bridgehead atoms. The molecule has 0 unspecified atom stereocenters. The largest absolute Gasteiger partial charge is 0.353 e. The van der Waals surface area contributed by atoms with Gasteiger partial charge in [-0.1, -0.05) is 62.6 Å². The topological polar surface area (TPSA) is 64.0 Å². The summed E-state index contributed by atoms with van der Waals surface area (Å²) in [7, 11) is 0. The average Bonchev–Trinajstić information content (AvgIpc) is 2.97. The highest BCUT2D eigenvalue weighted by molar-refractivity contribution is 7.99. The lowest BCUT2D eigenvalue weighted by Crippen LogP contribution is -2.35. The number of hydrogen-bond donors (Lipinski definition) is 1. The van der Waals surface area contributed by atoms with Crippen LogP contribution in [0, 0.1) is 5.92 Å². The summed E-state index contributed by atoms with van der Waals surface area (Å²) in [4.78, 5) is 33.6. The number of fused-ring (bicyclic) bond motifs is 3. The number of hydrogen-bond acceptors (Lipinski definition) is 5. The van der Waals surface area contributed by atoms with Crippen molar-refractivity contribution in [3.8, 4) is 5.69 Å². The Balaban J connectivity index is 1.47. The van der Waals surface area contributed by atoms with Crippen molar-refractivity contribution in [2.75, 3.05) is 5.75 Å². The number of aromatic nitrogens is 2. The van der Waals surface area contributed by atoms with Gasteiger partial charge in [0.2, 0.25) is 5.91 Å². The van der Waals surface area contributed by atoms with Gasteiger partial charge in [0.15, 0.2) is 5.16 Å². The summed E-state index contributed by atoms with van der Waals surface area (Å²) in [5, 5.41) is 4.59. The Morgan fingerprint density at radius 1 is 1.15 bits per heavy atom. The first-order valence-corrected chi connectivity index (χ1v) is 13.9. The van der Waals surface area contributed by atoms with E-state index in [0.29, 0.717) is 11.1 Å². The fourth-order valence-electron chi connectivity index (χ4n) is 5.10. The predicted molar refractivity (Wildman–Crippen MR) is 137 cm³/mol. The van der Waals surface area contributed by atoms with Crippen LogP contribution in [0.1, 0.15) is 62.3 Å². The Morgan fingerprint density at radius 2 is 1.91 bits per heavy atom. The van der Waals surface area contributed by atoms with Crippen LogP contribution >= 0.6 is 23.1 Å². The summed E-state index contributed by atoms with van der Waals surface area (Å²) in [5.41, 5.74) is 1.98. The van der Waals surface area contributed by atoms with Crippen LogP contribution in [0.15, 0.2) is 40.3 Å². The second-order valence-corrected chi connectivity index (χ2v) is 11.5. The monoisotopic (exact) mass is 481 g/mol. The van der Waals surface area contributed by atoms with Crippen molar-refractivity contribution in [1.29, 1.82) is 0 Å². The van der Waals surface area contributed by atoms with Gasteiger partial charge in [0.1, 0.15) is 4.83 Å². The van der Waals surface area contributed by atoms with E-state index in [1.54, 1.807) is 15.9 Å². The van der Waals surface area contributed by atoms with Gasteiger partial charge in [0.05, 0.1) is 16.8 Å². The van der Waals surface area contributed by atoms with Crippen molar-refractivity contribution < 1.29 is 4.79 Å². The molecule has 7 heteroatoms. The Kier molecular flexibility index (Phi) is 6.88. The second-order valence-electron chi connectivity index (χ2n) is 9.45. The number of nitrogens with zero attached hydrogens (tertiary/aromatic N) is 2. The summed E-state index contributed by atoms with van der Waals surface area (Å²) in [5.74, 6) is 0.937. The second kappa shape index (κ2) is 10.0. The third kappa shape index (κ3) is 4.90. The van der Waals surface area contributed by atoms with E-state index in [0.717, 1.165) is 48.0 Å². The molecule has 0 radical (unpaired) electrons. The molecule has 0 spiro atoms. The van der Waals surface area contributed by atoms with E-state index in [4.69, 9.17) is 4.98 Å². The van der Waals surface area contributed by atoms with Crippen LogP contribution in [0.3, 0.4) is 0 Å². The molecule has 5 rings (SSSR count). The third-order valence-corrected chi connectivity index (χ3v) is 8.95. The highest BCUT2D eigenvalue weighted by atomic mass is 32.2. The molecule has 2 aliphatic rings. The number of carbonyl (C=O) groups excluding carboxylic acids is 1. The molecule has 1 N–H and O–H groups in total. The minimum absolute atomic E-state index is 0.00932. The summed E-state index contributed by atoms with van der Waals surface area (Å²) in [6.07, 6.45) is 10.1. The van der Waals surface area contributed by atoms with Crippen LogP contribution in [0.5, 0.6) is 0 Å². The van der Waals surface area contributed by atoms with E-state index >= 15 is 0 Å². The van der Waals surface area contributed by atoms with Gasteiger partial charge in [0, 0.05) is 10.9 Å². The molecule has 174 valence electrons. The number of nitrogens with one attached hydrogen (secondary N) is 1. The molecular formula is C26H31N3O2S2. The number of amides is 1. The van der Waals surface area contributed by atoms with Crippen molar-refractivity contribution in [2.24, 2.45) is 5.92 Å². The van der Waals surface area contributed by atoms with Crippen LogP contribution in [0.25, 0.3) is 15.9 Å². The van der Waals surface area contributed by atoms with Crippen molar-refractivity contribution in [2.45, 2.75) is 75.9 Å². The lowest BCUT2D eigenvalue weighted by atomic mass is 9.89. The van der Waals surface area contributed by atoms with Gasteiger partial charge in [0.25, 0.3) is 5.56 Å². The number of carbonyl (C=O) groups is 1. The van der Waals surface area contributed by atoms with Gasteiger partial charge >= 0.3 is 0 Å². The van der Waals surface area contributed by atoms with E-state index in [9.17, 15) is 9.59 Å². The molecule has 1 saturated carbocycles. The Morgan fingerprint density at radius 3 is 2.67 bits per heavy atom. The molecule has 1 aromatic carbocycles. The predicted octanol–water partition coefficient (Wildman–Crippen LogP) is 5.50. The molecule has 2 heterocycles. The maximum Gasteiger partial charge on any atom is 0.267 e. The smallest absolute Gasteiger partial charge is 0.267 e. The first-order valence-electron chi connectivity index (χ1n) is 12.1. The Labute approximate surface area is 203 Å². The number of thioether (sulfide) groups is 1. The Bertz CT molecular complexity index is 1190. The number of para-hydroxylation sites is 1. The van der Waals surface area contributed by atoms with E-state index in [-0.39, 0.29) is 23.3 Å². The molecule has 0 aliphatic heterocycles. The highest BCUT2D eigenvalue weighted by Gasteiger charge is 2.25. The van der Waals surface area contributed by atoms with E-state index < -0.39 is 0 Å². The van der Waals surface area contributed by atoms with Crippen molar-refractivity contribution in [1.82, 2.24) is 14.9 Å². The van der Waals surface area contributed by atoms with Crippen LogP contribution in [-0.2, 0) is 17.6 Å². The lowest BCUT2D eigenvalue weighted by Gasteiger charge is -2.18. The van der Waals surface area contributed by atoms with Gasteiger partial charge in [-0.3, -0.25) is 14.2 Å². The molecule has 3 aromatic rings. The summed E-state index contributed by atoms with van der Waals surface area (Å²) < 4.78 is 1.71. The summed E-state index contributed by atoms with van der Waals surface area (Å²) >= 11 is 3.03. The van der Waals surface area contributed by atoms with E-state index in [1.807, 2.05) is 30.3 Å². The normalized spacial score (nSPS) is 19.2. The molecule has 5 nitrogen and oxygen atoms in total. The van der Waals surface area contributed by atoms with Crippen molar-refractivity contribution in [3.05, 3.63) is 51.1 Å². The summed E-state index contributed by atoms with van der Waals surface area (Å²) in [6, 6.07) is 9.96. The molecule has 1 atom stereocenters. The molecule has 1 amide bonds. The fraction of sp³-hybridized carbons (Fsp3) is 0.500. The molecule has 1 fully saturated rings. The standard InChI is InChI=1S/C26H31N3O2S2/c1-17-13-14-20-21(15-17)33-24-23(20)25(31)29(19-11-7-4-8-12-19)26(28-24)32-16-22(30)27-18-9-5-2-3-6-10-18/h4,7-8,11-12,17-18H,2-3,5-6,9-10,13-16H2,1H3,(H,27,30)/t17-/m0/s1. The van der Waals surface area contributed by atoms with Gasteiger partial charge in [-0.25, -0.2) is 4.98 Å². The number of rotatable bonds is 5. The maximum absolute atomic E-state index is 13.8. The first kappa shape index (κ1) is 22.7. The van der Waals surface area contributed by atoms with E-state index in [1.165, 1.54) is 47.9 Å². The zero-order valence-electron chi connectivity index (χ0n) is 19.1. The highest BCUT2D eigenvalue weighted by Crippen LogP contribution is 2.37. The number of aryl methyl sites for hydroxylation is 1. The number of benzene rings is 1. The van der Waals surface area contributed by atoms with Crippen molar-refractivity contribution >= 4 is 39.2 Å². The first-order chi connectivity index (χ1) is 16.1. The van der Waals surface area contributed by atoms with Gasteiger partial charge < -0.3 is 5.32 Å². The SMILES string of the molecule is C[C@H]1CCc2c(sc3nc(SCC(=O)NC4CCCCCC4)n(-c4ccccc4)c(=O)c23)C1. The third-order valence-electron chi connectivity index (χ3n) is 6.87. The molecule has 2 aromatic heterocycles. The fourth-order valence-corrected chi connectivity index (χ4v) is 7.34. The minimum Gasteiger partial charge on any atom is -0.353 e. The van der Waals surface area contributed by atoms with Crippen LogP contribution in [-0.4, -0.2) is 27.3 Å². The van der Waals surface area contributed by atoms with Crippen molar-refractivity contribution in [3.63, 3.8) is 0 Å². The molecule has 33 heavy (non-hydrogen) atoms. The van der Waals surface area contributed by atoms with Crippen LogP contribution in [0.4, 0.5) is 0 Å². The van der Waals surface area contributed by atoms with E-state index in [2.05, 4.69) is 12.2 Å². The van der Waals surface area contributed by atoms with Gasteiger partial charge in [-0.15, -0.1) is 11.3 Å². The lowest BCUT2D eigenvalue weighted by molar-refractivity contribution is -0.119. The quantitative estimate of drug-likeness (QED) is 0.297. The van der Waals surface area contributed by atoms with Gasteiger partial charge in [-0.05, 0) is 55.7 Å². The molecular weight excluding hydrogens is 450 g/mol. The number of thiophene rings is 1. The molecule has 2 aliphatic carbocycles. The van der Waals surface area contributed by atoms with Crippen LogP contribution in [0.2, 0.25) is 0 Å². The zero-order chi connectivity index (χ0) is 22.8.